The summed E-state index contributed by atoms with van der Waals surface area (Å²) < 4.78 is 39.1. The van der Waals surface area contributed by atoms with Gasteiger partial charge in [0.1, 0.15) is 0 Å². The monoisotopic (exact) mass is 1270 g/mol. The van der Waals surface area contributed by atoms with Crippen LogP contribution in [0.5, 0.6) is 0 Å². The van der Waals surface area contributed by atoms with Gasteiger partial charge in [0, 0.05) is 30.7 Å². The van der Waals surface area contributed by atoms with E-state index in [-0.39, 0.29) is 35.6 Å². The third-order valence-electron chi connectivity index (χ3n) is 11.9. The lowest BCUT2D eigenvalue weighted by atomic mass is 10.1. The van der Waals surface area contributed by atoms with Crippen molar-refractivity contribution in [3.63, 3.8) is 0 Å². The van der Waals surface area contributed by atoms with E-state index in [1.54, 1.807) is 44.3 Å². The van der Waals surface area contributed by atoms with E-state index >= 15 is 0 Å². The van der Waals surface area contributed by atoms with Gasteiger partial charge in [-0.3, -0.25) is 0 Å². The number of halogens is 3. The molecule has 0 aliphatic heterocycles. The fourth-order valence-corrected chi connectivity index (χ4v) is 13.7. The Balaban J connectivity index is 0.000000182. The van der Waals surface area contributed by atoms with E-state index in [1.165, 1.54) is 33.7 Å². The van der Waals surface area contributed by atoms with Gasteiger partial charge in [-0.15, -0.1) is 22.7 Å². The maximum Gasteiger partial charge on any atom is 0.416 e. The number of hydrogen-bond acceptors (Lipinski definition) is 26. The Morgan fingerprint density at radius 2 is 0.644 bits per heavy atom. The highest BCUT2D eigenvalue weighted by atomic mass is 33.1. The Bertz CT molecular complexity index is 4190. The molecule has 12 N–H and O–H groups in total. The summed E-state index contributed by atoms with van der Waals surface area (Å²) in [5, 5.41) is 17.0. The quantitative estimate of drug-likeness (QED) is 0.0370. The Hall–Kier alpha value is -9.65. The lowest BCUT2D eigenvalue weighted by molar-refractivity contribution is -0.137. The molecule has 0 aliphatic rings. The second kappa shape index (κ2) is 27.2. The zero-order chi connectivity index (χ0) is 60.3. The van der Waals surface area contributed by atoms with E-state index < -0.39 is 11.7 Å². The van der Waals surface area contributed by atoms with Crippen LogP contribution in [0.1, 0.15) is 11.1 Å². The molecule has 12 rings (SSSR count). The SMILES string of the molecule is Cc1ccc(-c2nc(N)nc(Nc3ccccc3SSc3ccccc3Nc3nc(N)nc(-c4ccc(C(F)(F)F)cc4)n3)n2)cc1.Nc1nc(Nc2ccccc2SSc2ccccc2Nc2nc(N)nc(-c3cccs3)n2)nc(-c2cccs2)n1. The molecule has 6 aromatic heterocycles. The minimum Gasteiger partial charge on any atom is -0.368 e. The molecule has 0 aliphatic carbocycles. The number of benzene rings is 6. The summed E-state index contributed by atoms with van der Waals surface area (Å²) in [7, 11) is 6.17. The predicted molar refractivity (Wildman–Crippen MR) is 347 cm³/mol. The van der Waals surface area contributed by atoms with E-state index in [9.17, 15) is 13.2 Å². The Kier molecular flexibility index (Phi) is 18.4. The van der Waals surface area contributed by atoms with Crippen molar-refractivity contribution in [1.29, 1.82) is 0 Å². The highest BCUT2D eigenvalue weighted by molar-refractivity contribution is 8.77. The molecule has 12 aromatic rings. The Morgan fingerprint density at radius 1 is 0.345 bits per heavy atom. The molecule has 0 unspecified atom stereocenters. The van der Waals surface area contributed by atoms with Crippen LogP contribution in [0.25, 0.3) is 44.2 Å². The maximum absolute atomic E-state index is 13.0. The molecule has 6 heterocycles. The molecule has 0 fully saturated rings. The van der Waals surface area contributed by atoms with Crippen LogP contribution in [0, 0.1) is 6.92 Å². The summed E-state index contributed by atoms with van der Waals surface area (Å²) >= 11 is 3.09. The molecular weight excluding hydrogens is 1230 g/mol. The third kappa shape index (κ3) is 15.6. The smallest absolute Gasteiger partial charge is 0.368 e. The van der Waals surface area contributed by atoms with Gasteiger partial charge in [-0.05, 0) is 90.5 Å². The summed E-state index contributed by atoms with van der Waals surface area (Å²) in [5.41, 5.74) is 28.6. The number of nitrogens with zero attached hydrogens (tertiary/aromatic N) is 12. The number of hydrogen-bond donors (Lipinski definition) is 8. The molecule has 0 spiro atoms. The maximum atomic E-state index is 13.0. The minimum absolute atomic E-state index is 0.0820. The van der Waals surface area contributed by atoms with Crippen molar-refractivity contribution >= 4 is 136 Å². The molecule has 0 radical (unpaired) electrons. The molecule has 29 heteroatoms. The first-order valence-corrected chi connectivity index (χ1v) is 31.8. The van der Waals surface area contributed by atoms with Crippen LogP contribution >= 0.6 is 65.8 Å². The van der Waals surface area contributed by atoms with Crippen LogP contribution < -0.4 is 44.2 Å². The lowest BCUT2D eigenvalue weighted by Gasteiger charge is -2.13. The molecule has 6 aromatic carbocycles. The standard InChI is InChI=1S/C32H25F3N10S2.C26H20N10S4/c1-18-10-12-19(13-11-18)26-40-28(36)44-30(42-26)38-22-6-2-4-8-24(22)46-47-25-9-5-3-7-23(25)39-31-43-27(41-29(37)45-31)20-14-16-21(17-15-20)32(33,34)35;27-23-31-21(19-11-5-13-37-19)33-25(35-23)29-15-7-1-3-9-17(15)39-40-18-10-4-2-8-16(18)30-26-34-22(32-24(28)36-26)20-12-6-14-38-20/h2-17H,1H3,(H3,36,38,40,42,44)(H3,37,39,41,43,45);1-14H,(H3,27,29,31,33,35)(H3,28,30,32,34,36). The Labute approximate surface area is 518 Å². The van der Waals surface area contributed by atoms with Gasteiger partial charge in [-0.2, -0.15) is 73.0 Å². The molecule has 87 heavy (non-hydrogen) atoms. The van der Waals surface area contributed by atoms with Gasteiger partial charge < -0.3 is 44.2 Å². The second-order valence-corrected chi connectivity index (χ2v) is 24.4. The number of thiophene rings is 2. The number of nitrogens with two attached hydrogens (primary N) is 4. The van der Waals surface area contributed by atoms with Crippen LogP contribution in [0.3, 0.4) is 0 Å². The zero-order valence-electron chi connectivity index (χ0n) is 45.1. The third-order valence-corrected chi connectivity index (χ3v) is 18.5. The van der Waals surface area contributed by atoms with Gasteiger partial charge in [0.15, 0.2) is 23.3 Å². The topological polar surface area (TPSA) is 307 Å². The number of alkyl halides is 3. The first-order chi connectivity index (χ1) is 42.2. The molecule has 0 atom stereocenters. The van der Waals surface area contributed by atoms with Crippen molar-refractivity contribution in [3.05, 3.63) is 192 Å². The first-order valence-electron chi connectivity index (χ1n) is 25.7. The van der Waals surface area contributed by atoms with Crippen LogP contribution in [0.2, 0.25) is 0 Å². The molecule has 0 saturated heterocycles. The number of rotatable bonds is 18. The van der Waals surface area contributed by atoms with Gasteiger partial charge in [0.25, 0.3) is 0 Å². The predicted octanol–water partition coefficient (Wildman–Crippen LogP) is 15.1. The zero-order valence-corrected chi connectivity index (χ0v) is 50.0. The van der Waals surface area contributed by atoms with Gasteiger partial charge in [-0.1, -0.05) is 146 Å². The number of aromatic nitrogens is 12. The van der Waals surface area contributed by atoms with Crippen molar-refractivity contribution < 1.29 is 13.2 Å². The highest BCUT2D eigenvalue weighted by Crippen LogP contribution is 2.46. The van der Waals surface area contributed by atoms with Gasteiger partial charge >= 0.3 is 6.18 Å². The molecule has 0 amide bonds. The van der Waals surface area contributed by atoms with E-state index in [4.69, 9.17) is 22.9 Å². The van der Waals surface area contributed by atoms with Crippen molar-refractivity contribution in [1.82, 2.24) is 59.8 Å². The number of aryl methyl sites for hydroxylation is 1. The lowest BCUT2D eigenvalue weighted by Crippen LogP contribution is -2.06. The average molecular weight is 1270 g/mol. The van der Waals surface area contributed by atoms with Gasteiger partial charge in [0.2, 0.25) is 47.6 Å². The number of nitrogens with one attached hydrogen (secondary N) is 4. The molecular formula is C58H45F3N20S6. The largest absolute Gasteiger partial charge is 0.416 e. The van der Waals surface area contributed by atoms with Crippen molar-refractivity contribution in [3.8, 4) is 44.2 Å². The summed E-state index contributed by atoms with van der Waals surface area (Å²) in [6, 6.07) is 51.2. The normalized spacial score (nSPS) is 11.1. The van der Waals surface area contributed by atoms with Crippen molar-refractivity contribution in [2.45, 2.75) is 32.7 Å². The molecule has 20 nitrogen and oxygen atoms in total. The van der Waals surface area contributed by atoms with E-state index in [0.29, 0.717) is 46.6 Å². The average Bonchev–Trinajstić information content (AvgIpc) is 4.09. The summed E-state index contributed by atoms with van der Waals surface area (Å²) in [6.07, 6.45) is -4.45. The van der Waals surface area contributed by atoms with Crippen LogP contribution in [0.4, 0.5) is 83.5 Å². The number of para-hydroxylation sites is 4. The Morgan fingerprint density at radius 3 is 0.954 bits per heavy atom. The number of anilines is 12. The fourth-order valence-electron chi connectivity index (χ4n) is 7.83. The molecule has 434 valence electrons. The van der Waals surface area contributed by atoms with Crippen molar-refractivity contribution in [2.24, 2.45) is 0 Å². The minimum atomic E-state index is -4.45. The summed E-state index contributed by atoms with van der Waals surface area (Å²) in [4.78, 5) is 57.7. The van der Waals surface area contributed by atoms with Crippen molar-refractivity contribution in [2.75, 3.05) is 44.2 Å². The van der Waals surface area contributed by atoms with Gasteiger partial charge in [-0.25, -0.2) is 0 Å². The van der Waals surface area contributed by atoms with Crippen LogP contribution in [-0.4, -0.2) is 59.8 Å². The molecule has 0 saturated carbocycles. The molecule has 0 bridgehead atoms. The fraction of sp³-hybridized carbons (Fsp3) is 0.0345. The van der Waals surface area contributed by atoms with Gasteiger partial charge in [0.05, 0.1) is 38.1 Å². The van der Waals surface area contributed by atoms with Crippen LogP contribution in [-0.2, 0) is 6.18 Å². The van der Waals surface area contributed by atoms with E-state index in [1.807, 2.05) is 163 Å². The second-order valence-electron chi connectivity index (χ2n) is 18.1. The van der Waals surface area contributed by atoms with E-state index in [2.05, 4.69) is 81.1 Å². The van der Waals surface area contributed by atoms with E-state index in [0.717, 1.165) is 69.7 Å². The summed E-state index contributed by atoms with van der Waals surface area (Å²) in [6.45, 7) is 2.01. The summed E-state index contributed by atoms with van der Waals surface area (Å²) in [5.74, 6) is 3.19. The number of nitrogen functional groups attached to an aromatic ring is 4. The van der Waals surface area contributed by atoms with Crippen LogP contribution in [0.15, 0.2) is 200 Å². The highest BCUT2D eigenvalue weighted by Gasteiger charge is 2.30. The first kappa shape index (κ1) is 59.1.